The van der Waals surface area contributed by atoms with Gasteiger partial charge in [-0.1, -0.05) is 45.3 Å². The molecule has 0 aliphatic heterocycles. The van der Waals surface area contributed by atoms with E-state index in [0.717, 1.165) is 6.42 Å². The van der Waals surface area contributed by atoms with E-state index < -0.39 is 12.8 Å². The zero-order valence-electron chi connectivity index (χ0n) is 7.12. The molecule has 0 heterocycles. The Balaban J connectivity index is 3.76. The highest BCUT2D eigenvalue weighted by atomic mass is 19.4. The van der Waals surface area contributed by atoms with Gasteiger partial charge in [-0.2, -0.15) is 0 Å². The lowest BCUT2D eigenvalue weighted by atomic mass is 9.68. The highest BCUT2D eigenvalue weighted by Gasteiger charge is 2.32. The lowest BCUT2D eigenvalue weighted by Crippen LogP contribution is -2.23. The Bertz CT molecular complexity index is 100. The van der Waals surface area contributed by atoms with Crippen molar-refractivity contribution in [1.29, 1.82) is 0 Å². The first kappa shape index (κ1) is 10.9. The molecule has 1 atom stereocenters. The molecule has 11 heavy (non-hydrogen) atoms. The van der Waals surface area contributed by atoms with Crippen molar-refractivity contribution in [3.63, 3.8) is 0 Å². The minimum absolute atomic E-state index is 0.240. The Morgan fingerprint density at radius 2 is 1.73 bits per heavy atom. The molecule has 0 aromatic heterocycles. The molecule has 0 aromatic rings. The molecule has 4 heteroatoms. The summed E-state index contributed by atoms with van der Waals surface area (Å²) in [4.78, 5) is 0. The molecule has 0 amide bonds. The molecule has 0 aromatic carbocycles. The van der Waals surface area contributed by atoms with Gasteiger partial charge in [-0.25, -0.2) is 0 Å². The standard InChI is InChI=1S/C7H15BF3/c1-3-5-6-7(4-2)8(9,10)11/h7H,3-6H2,1-2H3/q-1. The monoisotopic (exact) mass is 167 g/mol. The van der Waals surface area contributed by atoms with E-state index >= 15 is 0 Å². The normalized spacial score (nSPS) is 15.0. The van der Waals surface area contributed by atoms with E-state index in [0.29, 0.717) is 12.8 Å². The van der Waals surface area contributed by atoms with Crippen LogP contribution in [0.3, 0.4) is 0 Å². The van der Waals surface area contributed by atoms with Crippen molar-refractivity contribution in [1.82, 2.24) is 0 Å². The Labute approximate surface area is 66.2 Å². The average molecular weight is 167 g/mol. The molecule has 0 radical (unpaired) electrons. The van der Waals surface area contributed by atoms with E-state index in [1.807, 2.05) is 6.92 Å². The SMILES string of the molecule is CCCCC(CC)[B-](F)(F)F. The van der Waals surface area contributed by atoms with E-state index in [1.54, 1.807) is 6.92 Å². The zero-order chi connectivity index (χ0) is 8.91. The summed E-state index contributed by atoms with van der Waals surface area (Å²) in [6.07, 6.45) is 2.10. The largest absolute Gasteiger partial charge is 0.481 e. The van der Waals surface area contributed by atoms with Crippen LogP contribution in [-0.2, 0) is 0 Å². The first-order valence-electron chi connectivity index (χ1n) is 4.22. The average Bonchev–Trinajstić information content (AvgIpc) is 1.87. The molecule has 1 unspecified atom stereocenters. The maximum Gasteiger partial charge on any atom is 0.481 e. The van der Waals surface area contributed by atoms with Crippen LogP contribution in [0, 0.1) is 0 Å². The van der Waals surface area contributed by atoms with Gasteiger partial charge in [0.2, 0.25) is 0 Å². The fourth-order valence-corrected chi connectivity index (χ4v) is 1.13. The maximum atomic E-state index is 12.1. The molecule has 0 nitrogen and oxygen atoms in total. The maximum absolute atomic E-state index is 12.1. The highest BCUT2D eigenvalue weighted by molar-refractivity contribution is 6.60. The predicted octanol–water partition coefficient (Wildman–Crippen LogP) is 3.80. The zero-order valence-corrected chi connectivity index (χ0v) is 7.12. The van der Waals surface area contributed by atoms with Gasteiger partial charge < -0.3 is 12.9 Å². The Hall–Kier alpha value is -0.145. The van der Waals surface area contributed by atoms with Crippen molar-refractivity contribution in [3.8, 4) is 0 Å². The van der Waals surface area contributed by atoms with Gasteiger partial charge in [-0.05, 0) is 0 Å². The Morgan fingerprint density at radius 1 is 1.18 bits per heavy atom. The van der Waals surface area contributed by atoms with Gasteiger partial charge in [0.1, 0.15) is 0 Å². The molecule has 0 N–H and O–H groups in total. The molecule has 0 aliphatic rings. The van der Waals surface area contributed by atoms with Gasteiger partial charge in [0.05, 0.1) is 0 Å². The number of halogens is 3. The summed E-state index contributed by atoms with van der Waals surface area (Å²) < 4.78 is 36.3. The Kier molecular flexibility index (Phi) is 4.61. The molecule has 0 rings (SSSR count). The fourth-order valence-electron chi connectivity index (χ4n) is 1.13. The van der Waals surface area contributed by atoms with Crippen molar-refractivity contribution in [2.75, 3.05) is 0 Å². The second-order valence-electron chi connectivity index (χ2n) is 2.94. The van der Waals surface area contributed by atoms with E-state index in [-0.39, 0.29) is 6.42 Å². The first-order chi connectivity index (χ1) is 5.02. The minimum Gasteiger partial charge on any atom is -0.449 e. The lowest BCUT2D eigenvalue weighted by Gasteiger charge is -2.25. The summed E-state index contributed by atoms with van der Waals surface area (Å²) >= 11 is 0. The van der Waals surface area contributed by atoms with Crippen LogP contribution in [0.2, 0.25) is 5.82 Å². The van der Waals surface area contributed by atoms with Gasteiger partial charge in [0.25, 0.3) is 0 Å². The molecular weight excluding hydrogens is 152 g/mol. The van der Waals surface area contributed by atoms with E-state index in [9.17, 15) is 12.9 Å². The fraction of sp³-hybridized carbons (Fsp3) is 1.00. The number of rotatable bonds is 5. The van der Waals surface area contributed by atoms with E-state index in [1.165, 1.54) is 0 Å². The molecule has 0 saturated carbocycles. The molecule has 0 fully saturated rings. The molecule has 0 saturated heterocycles. The summed E-state index contributed by atoms with van der Waals surface area (Å²) in [7, 11) is 0. The summed E-state index contributed by atoms with van der Waals surface area (Å²) in [5.74, 6) is -1.02. The summed E-state index contributed by atoms with van der Waals surface area (Å²) in [6, 6.07) is 0. The number of hydrogen-bond acceptors (Lipinski definition) is 0. The van der Waals surface area contributed by atoms with Crippen molar-refractivity contribution in [3.05, 3.63) is 0 Å². The van der Waals surface area contributed by atoms with Crippen LogP contribution in [0.25, 0.3) is 0 Å². The van der Waals surface area contributed by atoms with Gasteiger partial charge in [0, 0.05) is 0 Å². The third kappa shape index (κ3) is 4.33. The van der Waals surface area contributed by atoms with Crippen molar-refractivity contribution in [2.45, 2.75) is 45.3 Å². The van der Waals surface area contributed by atoms with Crippen molar-refractivity contribution in [2.24, 2.45) is 0 Å². The minimum atomic E-state index is -4.59. The first-order valence-corrected chi connectivity index (χ1v) is 4.22. The second-order valence-corrected chi connectivity index (χ2v) is 2.94. The van der Waals surface area contributed by atoms with Gasteiger partial charge in [-0.3, -0.25) is 0 Å². The van der Waals surface area contributed by atoms with Crippen molar-refractivity contribution < 1.29 is 12.9 Å². The van der Waals surface area contributed by atoms with Crippen LogP contribution >= 0.6 is 0 Å². The van der Waals surface area contributed by atoms with Crippen molar-refractivity contribution >= 4 is 6.98 Å². The van der Waals surface area contributed by atoms with Gasteiger partial charge >= 0.3 is 6.98 Å². The highest BCUT2D eigenvalue weighted by Crippen LogP contribution is 2.33. The van der Waals surface area contributed by atoms with Crippen LogP contribution < -0.4 is 0 Å². The Morgan fingerprint density at radius 3 is 2.00 bits per heavy atom. The smallest absolute Gasteiger partial charge is 0.449 e. The van der Waals surface area contributed by atoms with Gasteiger partial charge in [0.15, 0.2) is 0 Å². The van der Waals surface area contributed by atoms with Crippen LogP contribution in [0.1, 0.15) is 39.5 Å². The molecule has 0 bridgehead atoms. The van der Waals surface area contributed by atoms with Crippen LogP contribution in [0.15, 0.2) is 0 Å². The van der Waals surface area contributed by atoms with E-state index in [4.69, 9.17) is 0 Å². The topological polar surface area (TPSA) is 0 Å². The summed E-state index contributed by atoms with van der Waals surface area (Å²) in [5, 5.41) is 0. The molecule has 0 aliphatic carbocycles. The van der Waals surface area contributed by atoms with Crippen LogP contribution in [0.4, 0.5) is 12.9 Å². The molecule has 0 spiro atoms. The van der Waals surface area contributed by atoms with E-state index in [2.05, 4.69) is 0 Å². The third-order valence-corrected chi connectivity index (χ3v) is 1.99. The summed E-state index contributed by atoms with van der Waals surface area (Å²) in [6.45, 7) is -1.07. The number of unbranched alkanes of at least 4 members (excludes halogenated alkanes) is 1. The predicted molar refractivity (Wildman–Crippen MR) is 42.6 cm³/mol. The summed E-state index contributed by atoms with van der Waals surface area (Å²) in [5.41, 5.74) is 0. The van der Waals surface area contributed by atoms with Gasteiger partial charge in [-0.15, -0.1) is 0 Å². The van der Waals surface area contributed by atoms with Crippen LogP contribution in [-0.4, -0.2) is 6.98 Å². The second kappa shape index (κ2) is 4.68. The third-order valence-electron chi connectivity index (χ3n) is 1.99. The lowest BCUT2D eigenvalue weighted by molar-refractivity contribution is 0.412. The molecular formula is C7H15BF3-. The molecule has 68 valence electrons. The van der Waals surface area contributed by atoms with Crippen LogP contribution in [0.5, 0.6) is 0 Å². The quantitative estimate of drug-likeness (QED) is 0.546. The number of hydrogen-bond donors (Lipinski definition) is 0.